The molecule has 0 saturated heterocycles. The molecule has 17 heavy (non-hydrogen) atoms. The van der Waals surface area contributed by atoms with Crippen molar-refractivity contribution < 1.29 is 9.53 Å². The topological polar surface area (TPSA) is 62.1 Å². The van der Waals surface area contributed by atoms with E-state index in [1.165, 1.54) is 0 Å². The lowest BCUT2D eigenvalue weighted by Crippen LogP contribution is -2.35. The van der Waals surface area contributed by atoms with Gasteiger partial charge in [0.2, 0.25) is 0 Å². The van der Waals surface area contributed by atoms with Crippen molar-refractivity contribution in [3.05, 3.63) is 29.8 Å². The summed E-state index contributed by atoms with van der Waals surface area (Å²) in [4.78, 5) is 11.4. The summed E-state index contributed by atoms with van der Waals surface area (Å²) in [5.41, 5.74) is 0.518. The van der Waals surface area contributed by atoms with Gasteiger partial charge in [0.25, 0.3) is 5.91 Å². The number of nitrogens with zero attached hydrogens (tertiary/aromatic N) is 1. The first kappa shape index (κ1) is 13.0. The van der Waals surface area contributed by atoms with E-state index in [0.717, 1.165) is 6.42 Å². The molecule has 4 nitrogen and oxygen atoms in total. The number of benzene rings is 1. The van der Waals surface area contributed by atoms with Gasteiger partial charge in [0.05, 0.1) is 11.6 Å². The summed E-state index contributed by atoms with van der Waals surface area (Å²) in [5, 5.41) is 11.5. The molecule has 0 spiro atoms. The van der Waals surface area contributed by atoms with E-state index in [0.29, 0.717) is 11.3 Å². The minimum absolute atomic E-state index is 0.0285. The summed E-state index contributed by atoms with van der Waals surface area (Å²) >= 11 is 0. The van der Waals surface area contributed by atoms with Crippen molar-refractivity contribution in [2.45, 2.75) is 26.3 Å². The van der Waals surface area contributed by atoms with Crippen molar-refractivity contribution in [1.29, 1.82) is 5.26 Å². The number of amides is 1. The molecule has 0 fully saturated rings. The molecule has 4 heteroatoms. The number of hydrogen-bond acceptors (Lipinski definition) is 3. The highest BCUT2D eigenvalue weighted by molar-refractivity contribution is 5.77. The Bertz CT molecular complexity index is 424. The first-order chi connectivity index (χ1) is 8.15. The van der Waals surface area contributed by atoms with Crippen LogP contribution in [0.5, 0.6) is 5.75 Å². The van der Waals surface area contributed by atoms with Gasteiger partial charge in [-0.25, -0.2) is 0 Å². The van der Waals surface area contributed by atoms with Crippen molar-refractivity contribution in [3.8, 4) is 11.8 Å². The number of nitriles is 1. The van der Waals surface area contributed by atoms with Crippen molar-refractivity contribution in [1.82, 2.24) is 5.32 Å². The fourth-order valence-electron chi connectivity index (χ4n) is 1.22. The Morgan fingerprint density at radius 2 is 2.35 bits per heavy atom. The van der Waals surface area contributed by atoms with E-state index >= 15 is 0 Å². The first-order valence-corrected chi connectivity index (χ1v) is 5.58. The van der Waals surface area contributed by atoms with Crippen LogP contribution in [-0.2, 0) is 4.79 Å². The standard InChI is InChI=1S/C13H16N2O2/c1-3-10(2)15-13(16)9-17-12-6-4-5-11(7-12)8-14/h4-7,10H,3,9H2,1-2H3,(H,15,16)/t10-/m0/s1. The predicted molar refractivity (Wildman–Crippen MR) is 64.5 cm³/mol. The van der Waals surface area contributed by atoms with Crippen LogP contribution < -0.4 is 10.1 Å². The van der Waals surface area contributed by atoms with E-state index in [4.69, 9.17) is 10.00 Å². The molecule has 0 aliphatic rings. The van der Waals surface area contributed by atoms with Crippen LogP contribution in [0, 0.1) is 11.3 Å². The molecule has 0 aromatic heterocycles. The Hall–Kier alpha value is -2.02. The van der Waals surface area contributed by atoms with Crippen molar-refractivity contribution in [2.24, 2.45) is 0 Å². The van der Waals surface area contributed by atoms with Gasteiger partial charge in [-0.15, -0.1) is 0 Å². The lowest BCUT2D eigenvalue weighted by molar-refractivity contribution is -0.123. The second-order valence-corrected chi connectivity index (χ2v) is 3.81. The molecule has 1 aromatic rings. The van der Waals surface area contributed by atoms with Crippen LogP contribution in [0.3, 0.4) is 0 Å². The van der Waals surface area contributed by atoms with Crippen LogP contribution in [0.15, 0.2) is 24.3 Å². The summed E-state index contributed by atoms with van der Waals surface area (Å²) in [7, 11) is 0. The molecular weight excluding hydrogens is 216 g/mol. The Morgan fingerprint density at radius 3 is 3.00 bits per heavy atom. The van der Waals surface area contributed by atoms with Gasteiger partial charge in [0, 0.05) is 6.04 Å². The van der Waals surface area contributed by atoms with E-state index in [1.54, 1.807) is 24.3 Å². The predicted octanol–water partition coefficient (Wildman–Crippen LogP) is 1.85. The minimum Gasteiger partial charge on any atom is -0.484 e. The fraction of sp³-hybridized carbons (Fsp3) is 0.385. The lowest BCUT2D eigenvalue weighted by Gasteiger charge is -2.12. The molecule has 0 aliphatic heterocycles. The summed E-state index contributed by atoms with van der Waals surface area (Å²) in [6.07, 6.45) is 0.885. The number of nitrogens with one attached hydrogen (secondary N) is 1. The van der Waals surface area contributed by atoms with Gasteiger partial charge in [0.15, 0.2) is 6.61 Å². The summed E-state index contributed by atoms with van der Waals surface area (Å²) in [6, 6.07) is 8.90. The second kappa shape index (κ2) is 6.54. The monoisotopic (exact) mass is 232 g/mol. The van der Waals surface area contributed by atoms with Crippen molar-refractivity contribution >= 4 is 5.91 Å². The van der Waals surface area contributed by atoms with Gasteiger partial charge in [0.1, 0.15) is 5.75 Å². The van der Waals surface area contributed by atoms with Gasteiger partial charge in [-0.05, 0) is 31.5 Å². The summed E-state index contributed by atoms with van der Waals surface area (Å²) in [5.74, 6) is 0.380. The zero-order chi connectivity index (χ0) is 12.7. The number of carbonyl (C=O) groups excluding carboxylic acids is 1. The van der Waals surface area contributed by atoms with Crippen LogP contribution in [0.25, 0.3) is 0 Å². The van der Waals surface area contributed by atoms with Gasteiger partial charge in [-0.2, -0.15) is 5.26 Å². The number of ether oxygens (including phenoxy) is 1. The molecule has 1 rings (SSSR count). The maximum atomic E-state index is 11.4. The number of carbonyl (C=O) groups is 1. The van der Waals surface area contributed by atoms with Gasteiger partial charge in [-0.1, -0.05) is 13.0 Å². The van der Waals surface area contributed by atoms with E-state index in [9.17, 15) is 4.79 Å². The highest BCUT2D eigenvalue weighted by Crippen LogP contribution is 2.12. The van der Waals surface area contributed by atoms with Gasteiger partial charge >= 0.3 is 0 Å². The number of rotatable bonds is 5. The van der Waals surface area contributed by atoms with E-state index in [-0.39, 0.29) is 18.6 Å². The van der Waals surface area contributed by atoms with E-state index in [1.807, 2.05) is 19.9 Å². The van der Waals surface area contributed by atoms with Crippen LogP contribution in [0.2, 0.25) is 0 Å². The molecule has 0 saturated carbocycles. The average molecular weight is 232 g/mol. The lowest BCUT2D eigenvalue weighted by atomic mass is 10.2. The molecule has 1 amide bonds. The summed E-state index contributed by atoms with van der Waals surface area (Å²) < 4.78 is 5.29. The highest BCUT2D eigenvalue weighted by atomic mass is 16.5. The zero-order valence-electron chi connectivity index (χ0n) is 10.1. The first-order valence-electron chi connectivity index (χ1n) is 5.58. The molecule has 1 N–H and O–H groups in total. The molecule has 0 aliphatic carbocycles. The SMILES string of the molecule is CC[C@H](C)NC(=O)COc1cccc(C#N)c1. The van der Waals surface area contributed by atoms with Crippen molar-refractivity contribution in [3.63, 3.8) is 0 Å². The third-order valence-corrected chi connectivity index (χ3v) is 2.35. The van der Waals surface area contributed by atoms with Gasteiger partial charge in [-0.3, -0.25) is 4.79 Å². The molecule has 0 heterocycles. The van der Waals surface area contributed by atoms with Crippen LogP contribution in [-0.4, -0.2) is 18.6 Å². The third kappa shape index (κ3) is 4.56. The molecule has 0 unspecified atom stereocenters. The smallest absolute Gasteiger partial charge is 0.258 e. The Kier molecular flexibility index (Phi) is 5.02. The molecule has 90 valence electrons. The quantitative estimate of drug-likeness (QED) is 0.842. The molecule has 0 bridgehead atoms. The minimum atomic E-state index is -0.151. The Labute approximate surface area is 101 Å². The van der Waals surface area contributed by atoms with Crippen LogP contribution in [0.4, 0.5) is 0 Å². The van der Waals surface area contributed by atoms with E-state index in [2.05, 4.69) is 5.32 Å². The maximum Gasteiger partial charge on any atom is 0.258 e. The average Bonchev–Trinajstić information content (AvgIpc) is 2.36. The van der Waals surface area contributed by atoms with Gasteiger partial charge < -0.3 is 10.1 Å². The third-order valence-electron chi connectivity index (χ3n) is 2.35. The molecule has 0 radical (unpaired) electrons. The second-order valence-electron chi connectivity index (χ2n) is 3.81. The Balaban J connectivity index is 2.45. The maximum absolute atomic E-state index is 11.4. The Morgan fingerprint density at radius 1 is 1.59 bits per heavy atom. The number of hydrogen-bond donors (Lipinski definition) is 1. The molecule has 1 atom stereocenters. The van der Waals surface area contributed by atoms with Crippen molar-refractivity contribution in [2.75, 3.05) is 6.61 Å². The van der Waals surface area contributed by atoms with Crippen LogP contribution in [0.1, 0.15) is 25.8 Å². The van der Waals surface area contributed by atoms with E-state index < -0.39 is 0 Å². The normalized spacial score (nSPS) is 11.4. The molecule has 1 aromatic carbocycles. The summed E-state index contributed by atoms with van der Waals surface area (Å²) in [6.45, 7) is 3.91. The zero-order valence-corrected chi connectivity index (χ0v) is 10.1. The van der Waals surface area contributed by atoms with Crippen LogP contribution >= 0.6 is 0 Å². The largest absolute Gasteiger partial charge is 0.484 e. The highest BCUT2D eigenvalue weighted by Gasteiger charge is 2.06. The fourth-order valence-corrected chi connectivity index (χ4v) is 1.22. The molecular formula is C13H16N2O2.